The molecule has 2 aliphatic rings. The molecule has 0 bridgehead atoms. The Morgan fingerprint density at radius 1 is 1.29 bits per heavy atom. The molecule has 2 N–H and O–H groups in total. The molecule has 1 unspecified atom stereocenters. The van der Waals surface area contributed by atoms with Crippen molar-refractivity contribution in [1.82, 2.24) is 10.2 Å². The highest BCUT2D eigenvalue weighted by molar-refractivity contribution is 5.99. The lowest BCUT2D eigenvalue weighted by Gasteiger charge is -2.32. The normalized spacial score (nSPS) is 19.5. The second-order valence-corrected chi connectivity index (χ2v) is 6.58. The van der Waals surface area contributed by atoms with E-state index in [1.54, 1.807) is 4.90 Å². The van der Waals surface area contributed by atoms with Crippen molar-refractivity contribution in [3.63, 3.8) is 0 Å². The van der Waals surface area contributed by atoms with Crippen LogP contribution >= 0.6 is 0 Å². The van der Waals surface area contributed by atoms with Gasteiger partial charge >= 0.3 is 0 Å². The molecule has 2 heterocycles. The first-order chi connectivity index (χ1) is 11.6. The highest BCUT2D eigenvalue weighted by Crippen LogP contribution is 2.23. The van der Waals surface area contributed by atoms with E-state index in [1.807, 2.05) is 32.0 Å². The van der Waals surface area contributed by atoms with E-state index in [4.69, 9.17) is 4.74 Å². The van der Waals surface area contributed by atoms with Crippen LogP contribution in [0.3, 0.4) is 0 Å². The van der Waals surface area contributed by atoms with Gasteiger partial charge in [-0.25, -0.2) is 0 Å². The smallest absolute Gasteiger partial charge is 0.254 e. The molecular weight excluding hydrogens is 306 g/mol. The largest absolute Gasteiger partial charge is 0.378 e. The number of rotatable bonds is 4. The molecule has 1 atom stereocenters. The predicted octanol–water partition coefficient (Wildman–Crippen LogP) is 1.26. The first-order valence-electron chi connectivity index (χ1n) is 8.56. The van der Waals surface area contributed by atoms with Crippen LogP contribution < -0.4 is 10.6 Å². The fourth-order valence-corrected chi connectivity index (χ4v) is 3.06. The maximum atomic E-state index is 12.7. The van der Waals surface area contributed by atoms with Crippen LogP contribution in [0.1, 0.15) is 22.8 Å². The maximum Gasteiger partial charge on any atom is 0.254 e. The van der Waals surface area contributed by atoms with Gasteiger partial charge in [0.15, 0.2) is 0 Å². The SMILES string of the molecule is Cc1c(NC(=O)C(C)C2CNC2)cccc1C(=O)N1CCOCC1. The van der Waals surface area contributed by atoms with Gasteiger partial charge in [0.2, 0.25) is 5.91 Å². The molecule has 2 amide bonds. The third-order valence-electron chi connectivity index (χ3n) is 5.05. The van der Waals surface area contributed by atoms with Crippen LogP contribution in [0.25, 0.3) is 0 Å². The van der Waals surface area contributed by atoms with E-state index < -0.39 is 0 Å². The van der Waals surface area contributed by atoms with Gasteiger partial charge in [-0.1, -0.05) is 13.0 Å². The fourth-order valence-electron chi connectivity index (χ4n) is 3.06. The third kappa shape index (κ3) is 3.44. The quantitative estimate of drug-likeness (QED) is 0.871. The number of carbonyl (C=O) groups excluding carboxylic acids is 2. The molecule has 6 nitrogen and oxygen atoms in total. The first-order valence-corrected chi connectivity index (χ1v) is 8.56. The summed E-state index contributed by atoms with van der Waals surface area (Å²) in [6.07, 6.45) is 0. The zero-order valence-corrected chi connectivity index (χ0v) is 14.3. The second kappa shape index (κ2) is 7.32. The summed E-state index contributed by atoms with van der Waals surface area (Å²) in [5.41, 5.74) is 2.19. The van der Waals surface area contributed by atoms with Crippen LogP contribution in [-0.4, -0.2) is 56.1 Å². The van der Waals surface area contributed by atoms with Gasteiger partial charge < -0.3 is 20.3 Å². The highest BCUT2D eigenvalue weighted by Gasteiger charge is 2.29. The average Bonchev–Trinajstić information content (AvgIpc) is 2.55. The number of ether oxygens (including phenoxy) is 1. The minimum Gasteiger partial charge on any atom is -0.378 e. The average molecular weight is 331 g/mol. The summed E-state index contributed by atoms with van der Waals surface area (Å²) < 4.78 is 5.30. The van der Waals surface area contributed by atoms with Gasteiger partial charge in [-0.05, 0) is 43.6 Å². The zero-order chi connectivity index (χ0) is 17.1. The Kier molecular flexibility index (Phi) is 5.16. The highest BCUT2D eigenvalue weighted by atomic mass is 16.5. The number of hydrogen-bond donors (Lipinski definition) is 2. The summed E-state index contributed by atoms with van der Waals surface area (Å²) in [6, 6.07) is 5.50. The van der Waals surface area contributed by atoms with Gasteiger partial charge in [-0.2, -0.15) is 0 Å². The number of hydrogen-bond acceptors (Lipinski definition) is 4. The van der Waals surface area contributed by atoms with Gasteiger partial charge in [0.05, 0.1) is 13.2 Å². The van der Waals surface area contributed by atoms with E-state index in [1.165, 1.54) is 0 Å². The molecule has 2 fully saturated rings. The lowest BCUT2D eigenvalue weighted by Crippen LogP contribution is -2.48. The van der Waals surface area contributed by atoms with Crippen LogP contribution in [0.2, 0.25) is 0 Å². The molecule has 0 radical (unpaired) electrons. The Morgan fingerprint density at radius 3 is 2.62 bits per heavy atom. The number of amides is 2. The van der Waals surface area contributed by atoms with Crippen LogP contribution in [-0.2, 0) is 9.53 Å². The molecule has 2 saturated heterocycles. The summed E-state index contributed by atoms with van der Waals surface area (Å²) >= 11 is 0. The van der Waals surface area contributed by atoms with Crippen LogP contribution in [0.15, 0.2) is 18.2 Å². The van der Waals surface area contributed by atoms with Gasteiger partial charge in [0.25, 0.3) is 5.91 Å². The molecule has 1 aromatic carbocycles. The Balaban J connectivity index is 1.72. The van der Waals surface area contributed by atoms with Crippen LogP contribution in [0, 0.1) is 18.8 Å². The van der Waals surface area contributed by atoms with E-state index in [0.29, 0.717) is 37.8 Å². The number of anilines is 1. The molecule has 130 valence electrons. The number of carbonyl (C=O) groups is 2. The van der Waals surface area contributed by atoms with E-state index in [-0.39, 0.29) is 17.7 Å². The van der Waals surface area contributed by atoms with Crippen molar-refractivity contribution < 1.29 is 14.3 Å². The van der Waals surface area contributed by atoms with Crippen LogP contribution in [0.4, 0.5) is 5.69 Å². The lowest BCUT2D eigenvalue weighted by atomic mass is 9.88. The first kappa shape index (κ1) is 16.9. The second-order valence-electron chi connectivity index (χ2n) is 6.58. The Morgan fingerprint density at radius 2 is 2.00 bits per heavy atom. The summed E-state index contributed by atoms with van der Waals surface area (Å²) in [7, 11) is 0. The Hall–Kier alpha value is -1.92. The maximum absolute atomic E-state index is 12.7. The summed E-state index contributed by atoms with van der Waals surface area (Å²) in [5, 5.41) is 6.19. The standard InChI is InChI=1S/C18H25N3O3/c1-12(14-10-19-11-14)17(22)20-16-5-3-4-15(13(16)2)18(23)21-6-8-24-9-7-21/h3-5,12,14,19H,6-11H2,1-2H3,(H,20,22). The van der Waals surface area contributed by atoms with Crippen molar-refractivity contribution in [2.75, 3.05) is 44.7 Å². The number of benzene rings is 1. The van der Waals surface area contributed by atoms with Crippen molar-refractivity contribution in [1.29, 1.82) is 0 Å². The predicted molar refractivity (Wildman–Crippen MR) is 92.1 cm³/mol. The van der Waals surface area contributed by atoms with E-state index in [0.717, 1.165) is 24.3 Å². The summed E-state index contributed by atoms with van der Waals surface area (Å²) in [4.78, 5) is 26.9. The van der Waals surface area contributed by atoms with Crippen molar-refractivity contribution >= 4 is 17.5 Å². The van der Waals surface area contributed by atoms with Crippen molar-refractivity contribution in [3.8, 4) is 0 Å². The topological polar surface area (TPSA) is 70.7 Å². The molecule has 0 saturated carbocycles. The minimum atomic E-state index is -0.0377. The van der Waals surface area contributed by atoms with Crippen molar-refractivity contribution in [2.45, 2.75) is 13.8 Å². The minimum absolute atomic E-state index is 0.00291. The summed E-state index contributed by atoms with van der Waals surface area (Å²) in [6.45, 7) is 8.01. The molecule has 0 spiro atoms. The number of nitrogens with zero attached hydrogens (tertiary/aromatic N) is 1. The van der Waals surface area contributed by atoms with Crippen molar-refractivity contribution in [3.05, 3.63) is 29.3 Å². The van der Waals surface area contributed by atoms with E-state index >= 15 is 0 Å². The zero-order valence-electron chi connectivity index (χ0n) is 14.3. The molecule has 6 heteroatoms. The van der Waals surface area contributed by atoms with Crippen LogP contribution in [0.5, 0.6) is 0 Å². The van der Waals surface area contributed by atoms with Gasteiger partial charge in [-0.15, -0.1) is 0 Å². The fraction of sp³-hybridized carbons (Fsp3) is 0.556. The molecule has 24 heavy (non-hydrogen) atoms. The molecule has 0 aliphatic carbocycles. The molecule has 0 aromatic heterocycles. The summed E-state index contributed by atoms with van der Waals surface area (Å²) in [5.74, 6) is 0.372. The molecule has 1 aromatic rings. The van der Waals surface area contributed by atoms with Gasteiger partial charge in [0, 0.05) is 30.3 Å². The number of morpholine rings is 1. The Labute approximate surface area is 142 Å². The van der Waals surface area contributed by atoms with E-state index in [9.17, 15) is 9.59 Å². The molecule has 2 aliphatic heterocycles. The Bertz CT molecular complexity index is 622. The van der Waals surface area contributed by atoms with E-state index in [2.05, 4.69) is 10.6 Å². The number of nitrogens with one attached hydrogen (secondary N) is 2. The van der Waals surface area contributed by atoms with Gasteiger partial charge in [-0.3, -0.25) is 9.59 Å². The molecule has 3 rings (SSSR count). The molecular formula is C18H25N3O3. The van der Waals surface area contributed by atoms with Crippen molar-refractivity contribution in [2.24, 2.45) is 11.8 Å². The lowest BCUT2D eigenvalue weighted by molar-refractivity contribution is -0.121. The monoisotopic (exact) mass is 331 g/mol. The third-order valence-corrected chi connectivity index (χ3v) is 5.05. The van der Waals surface area contributed by atoms with Gasteiger partial charge in [0.1, 0.15) is 0 Å².